The van der Waals surface area contributed by atoms with Crippen molar-refractivity contribution in [2.75, 3.05) is 0 Å². The second-order valence-corrected chi connectivity index (χ2v) is 5.85. The summed E-state index contributed by atoms with van der Waals surface area (Å²) in [5, 5.41) is 6.33. The molecule has 2 heterocycles. The van der Waals surface area contributed by atoms with Crippen molar-refractivity contribution < 1.29 is 4.39 Å². The average molecular weight is 353 g/mol. The van der Waals surface area contributed by atoms with E-state index in [4.69, 9.17) is 0 Å². The van der Waals surface area contributed by atoms with Gasteiger partial charge in [0.15, 0.2) is 5.82 Å². The van der Waals surface area contributed by atoms with Crippen LogP contribution in [0.1, 0.15) is 18.3 Å². The van der Waals surface area contributed by atoms with E-state index in [0.717, 1.165) is 0 Å². The molecule has 0 aliphatic rings. The van der Waals surface area contributed by atoms with Crippen LogP contribution in [0.5, 0.6) is 0 Å². The standard InChI is InChI=1S/C18H16FN5S/c1-3-4-9-20-13(2)18-22-17(16-11-25-12-21-16)23-24(18)10-14-7-5-6-8-15(14)19/h3-9,11-12H,2,10H2,1H3/b4-3-,20-9-. The highest BCUT2D eigenvalue weighted by atomic mass is 32.1. The molecule has 0 bridgehead atoms. The minimum atomic E-state index is -0.290. The number of rotatable bonds is 6. The number of thiazole rings is 1. The Morgan fingerprint density at radius 2 is 2.24 bits per heavy atom. The Morgan fingerprint density at radius 1 is 1.40 bits per heavy atom. The molecule has 0 spiro atoms. The zero-order chi connectivity index (χ0) is 17.6. The molecule has 2 aromatic heterocycles. The molecule has 0 saturated heterocycles. The van der Waals surface area contributed by atoms with E-state index in [1.54, 1.807) is 40.7 Å². The summed E-state index contributed by atoms with van der Waals surface area (Å²) in [6, 6.07) is 6.58. The van der Waals surface area contributed by atoms with Crippen molar-refractivity contribution in [1.82, 2.24) is 19.7 Å². The maximum atomic E-state index is 14.0. The van der Waals surface area contributed by atoms with Crippen LogP contribution in [0.15, 0.2) is 58.9 Å². The maximum Gasteiger partial charge on any atom is 0.201 e. The maximum absolute atomic E-state index is 14.0. The van der Waals surface area contributed by atoms with Crippen LogP contribution in [-0.4, -0.2) is 26.0 Å². The van der Waals surface area contributed by atoms with E-state index in [2.05, 4.69) is 26.6 Å². The fraction of sp³-hybridized carbons (Fsp3) is 0.111. The summed E-state index contributed by atoms with van der Waals surface area (Å²) in [4.78, 5) is 13.0. The van der Waals surface area contributed by atoms with Crippen molar-refractivity contribution in [3.8, 4) is 11.5 Å². The topological polar surface area (TPSA) is 56.0 Å². The smallest absolute Gasteiger partial charge is 0.201 e. The molecule has 0 atom stereocenters. The Labute approximate surface area is 148 Å². The third-order valence-corrected chi connectivity index (χ3v) is 3.96. The SMILES string of the molecule is C=C(/N=C\C=C/C)c1nc(-c2cscn2)nn1Cc1ccccc1F. The first-order valence-electron chi connectivity index (χ1n) is 7.60. The highest BCUT2D eigenvalue weighted by molar-refractivity contribution is 7.07. The molecule has 0 aliphatic heterocycles. The molecule has 3 rings (SSSR count). The largest absolute Gasteiger partial charge is 0.254 e. The van der Waals surface area contributed by atoms with Gasteiger partial charge in [0.05, 0.1) is 12.1 Å². The molecule has 126 valence electrons. The molecule has 5 nitrogen and oxygen atoms in total. The number of aromatic nitrogens is 4. The molecule has 25 heavy (non-hydrogen) atoms. The number of halogens is 1. The van der Waals surface area contributed by atoms with Gasteiger partial charge in [-0.2, -0.15) is 0 Å². The highest BCUT2D eigenvalue weighted by Gasteiger charge is 2.16. The van der Waals surface area contributed by atoms with Gasteiger partial charge in [0.2, 0.25) is 5.82 Å². The summed E-state index contributed by atoms with van der Waals surface area (Å²) in [6.45, 7) is 6.08. The van der Waals surface area contributed by atoms with Crippen molar-refractivity contribution in [2.24, 2.45) is 4.99 Å². The zero-order valence-corrected chi connectivity index (χ0v) is 14.4. The van der Waals surface area contributed by atoms with Crippen LogP contribution in [0.25, 0.3) is 17.2 Å². The van der Waals surface area contributed by atoms with E-state index in [1.807, 2.05) is 18.4 Å². The summed E-state index contributed by atoms with van der Waals surface area (Å²) in [6.07, 6.45) is 5.29. The van der Waals surface area contributed by atoms with Gasteiger partial charge >= 0.3 is 0 Å². The van der Waals surface area contributed by atoms with Crippen LogP contribution >= 0.6 is 11.3 Å². The fourth-order valence-electron chi connectivity index (χ4n) is 2.16. The van der Waals surface area contributed by atoms with E-state index in [9.17, 15) is 4.39 Å². The molecule has 0 aliphatic carbocycles. The summed E-state index contributed by atoms with van der Waals surface area (Å²) in [5.74, 6) is 0.657. The normalized spacial score (nSPS) is 11.6. The van der Waals surface area contributed by atoms with Gasteiger partial charge in [-0.1, -0.05) is 30.9 Å². The van der Waals surface area contributed by atoms with Gasteiger partial charge in [-0.15, -0.1) is 16.4 Å². The third kappa shape index (κ3) is 3.95. The van der Waals surface area contributed by atoms with Gasteiger partial charge in [-0.25, -0.2) is 19.0 Å². The van der Waals surface area contributed by atoms with Crippen LogP contribution < -0.4 is 0 Å². The Hall–Kier alpha value is -2.93. The second-order valence-electron chi connectivity index (χ2n) is 5.13. The zero-order valence-electron chi connectivity index (χ0n) is 13.6. The number of benzene rings is 1. The summed E-state index contributed by atoms with van der Waals surface area (Å²) < 4.78 is 15.6. The summed E-state index contributed by atoms with van der Waals surface area (Å²) in [5.41, 5.74) is 3.35. The van der Waals surface area contributed by atoms with E-state index >= 15 is 0 Å². The van der Waals surface area contributed by atoms with Crippen LogP contribution in [-0.2, 0) is 6.54 Å². The van der Waals surface area contributed by atoms with Gasteiger partial charge in [-0.3, -0.25) is 4.99 Å². The van der Waals surface area contributed by atoms with Crippen LogP contribution in [0.4, 0.5) is 4.39 Å². The van der Waals surface area contributed by atoms with Crippen molar-refractivity contribution in [2.45, 2.75) is 13.5 Å². The Morgan fingerprint density at radius 3 is 2.96 bits per heavy atom. The number of nitrogens with zero attached hydrogens (tertiary/aromatic N) is 5. The fourth-order valence-corrected chi connectivity index (χ4v) is 2.69. The molecule has 0 unspecified atom stereocenters. The van der Waals surface area contributed by atoms with Crippen molar-refractivity contribution in [1.29, 1.82) is 0 Å². The Bertz CT molecular complexity index is 925. The Kier molecular flexibility index (Phi) is 5.25. The van der Waals surface area contributed by atoms with Crippen LogP contribution in [0.3, 0.4) is 0 Å². The van der Waals surface area contributed by atoms with Gasteiger partial charge in [0, 0.05) is 17.2 Å². The third-order valence-electron chi connectivity index (χ3n) is 3.38. The first kappa shape index (κ1) is 16.9. The number of hydrogen-bond donors (Lipinski definition) is 0. The minimum absolute atomic E-state index is 0.233. The molecule has 7 heteroatoms. The lowest BCUT2D eigenvalue weighted by Crippen LogP contribution is -2.07. The lowest BCUT2D eigenvalue weighted by atomic mass is 10.2. The van der Waals surface area contributed by atoms with Gasteiger partial charge < -0.3 is 0 Å². The number of allylic oxidation sites excluding steroid dienone is 2. The summed E-state index contributed by atoms with van der Waals surface area (Å²) in [7, 11) is 0. The van der Waals surface area contributed by atoms with Gasteiger partial charge in [0.25, 0.3) is 0 Å². The molecular formula is C18H16FN5S. The molecule has 0 saturated carbocycles. The molecule has 3 aromatic rings. The lowest BCUT2D eigenvalue weighted by Gasteiger charge is -2.06. The molecular weight excluding hydrogens is 337 g/mol. The molecule has 0 amide bonds. The monoisotopic (exact) mass is 353 g/mol. The highest BCUT2D eigenvalue weighted by Crippen LogP contribution is 2.21. The quantitative estimate of drug-likeness (QED) is 0.624. The molecule has 0 N–H and O–H groups in total. The average Bonchev–Trinajstić information content (AvgIpc) is 3.26. The van der Waals surface area contributed by atoms with Crippen LogP contribution in [0.2, 0.25) is 0 Å². The molecule has 1 aromatic carbocycles. The first-order chi connectivity index (χ1) is 12.2. The predicted molar refractivity (Wildman–Crippen MR) is 99.0 cm³/mol. The van der Waals surface area contributed by atoms with Gasteiger partial charge in [0.1, 0.15) is 17.2 Å². The van der Waals surface area contributed by atoms with E-state index in [-0.39, 0.29) is 12.4 Å². The number of aliphatic imine (C=N–C) groups is 1. The Balaban J connectivity index is 1.99. The van der Waals surface area contributed by atoms with E-state index in [0.29, 0.717) is 28.6 Å². The molecule has 0 radical (unpaired) electrons. The first-order valence-corrected chi connectivity index (χ1v) is 8.54. The van der Waals surface area contributed by atoms with Crippen molar-refractivity contribution in [3.05, 3.63) is 71.1 Å². The number of hydrogen-bond acceptors (Lipinski definition) is 5. The van der Waals surface area contributed by atoms with Crippen molar-refractivity contribution >= 4 is 23.2 Å². The van der Waals surface area contributed by atoms with E-state index < -0.39 is 0 Å². The second kappa shape index (κ2) is 7.76. The van der Waals surface area contributed by atoms with Crippen molar-refractivity contribution in [3.63, 3.8) is 0 Å². The minimum Gasteiger partial charge on any atom is -0.254 e. The van der Waals surface area contributed by atoms with Gasteiger partial charge in [-0.05, 0) is 19.1 Å². The predicted octanol–water partition coefficient (Wildman–Crippen LogP) is 4.21. The van der Waals surface area contributed by atoms with Crippen LogP contribution in [0, 0.1) is 5.82 Å². The van der Waals surface area contributed by atoms with E-state index in [1.165, 1.54) is 17.4 Å². The molecule has 0 fully saturated rings. The lowest BCUT2D eigenvalue weighted by molar-refractivity contribution is 0.583. The summed E-state index contributed by atoms with van der Waals surface area (Å²) >= 11 is 1.46.